The molecule has 1 aromatic carbocycles. The zero-order valence-corrected chi connectivity index (χ0v) is 12.3. The molecule has 6 nitrogen and oxygen atoms in total. The zero-order valence-electron chi connectivity index (χ0n) is 11.4. The molecule has 1 atom stereocenters. The van der Waals surface area contributed by atoms with Crippen LogP contribution in [0, 0.1) is 0 Å². The molecule has 0 aliphatic carbocycles. The Kier molecular flexibility index (Phi) is 3.97. The summed E-state index contributed by atoms with van der Waals surface area (Å²) in [4.78, 5) is 24.3. The Labute approximate surface area is 130 Å². The normalized spacial score (nSPS) is 13.6. The molecule has 2 heterocycles. The lowest BCUT2D eigenvalue weighted by Gasteiger charge is -2.16. The first-order chi connectivity index (χ1) is 10.6. The van der Waals surface area contributed by atoms with Crippen LogP contribution in [0.2, 0.25) is 0 Å². The Balaban J connectivity index is 1.83. The number of carboxylic acids is 1. The molecule has 0 spiro atoms. The van der Waals surface area contributed by atoms with Gasteiger partial charge in [0.2, 0.25) is 6.79 Å². The van der Waals surface area contributed by atoms with Crippen molar-refractivity contribution in [1.82, 2.24) is 5.32 Å². The Morgan fingerprint density at radius 3 is 2.86 bits per heavy atom. The molecule has 0 saturated heterocycles. The van der Waals surface area contributed by atoms with Gasteiger partial charge in [-0.2, -0.15) is 0 Å². The maximum absolute atomic E-state index is 12.5. The maximum atomic E-state index is 12.5. The summed E-state index contributed by atoms with van der Waals surface area (Å²) in [6.07, 6.45) is -0.182. The fourth-order valence-corrected chi connectivity index (χ4v) is 3.01. The molecule has 2 N–H and O–H groups in total. The molecule has 22 heavy (non-hydrogen) atoms. The summed E-state index contributed by atoms with van der Waals surface area (Å²) in [6, 6.07) is 8.07. The number of rotatable bonds is 5. The van der Waals surface area contributed by atoms with Crippen molar-refractivity contribution >= 4 is 23.2 Å². The lowest BCUT2D eigenvalue weighted by atomic mass is 10.1. The van der Waals surface area contributed by atoms with E-state index >= 15 is 0 Å². The number of carbonyl (C=O) groups is 2. The van der Waals surface area contributed by atoms with E-state index < -0.39 is 12.0 Å². The monoisotopic (exact) mass is 319 g/mol. The Morgan fingerprint density at radius 1 is 1.27 bits per heavy atom. The average Bonchev–Trinajstić information content (AvgIpc) is 3.16. The second kappa shape index (κ2) is 6.07. The quantitative estimate of drug-likeness (QED) is 0.884. The first-order valence-electron chi connectivity index (χ1n) is 6.60. The summed E-state index contributed by atoms with van der Waals surface area (Å²) in [7, 11) is 0. The van der Waals surface area contributed by atoms with Crippen molar-refractivity contribution in [3.63, 3.8) is 0 Å². The Bertz CT molecular complexity index is 698. The molecule has 1 unspecified atom stereocenters. The lowest BCUT2D eigenvalue weighted by Crippen LogP contribution is -2.29. The molecule has 2 aromatic rings. The number of benzene rings is 1. The highest BCUT2D eigenvalue weighted by Crippen LogP contribution is 2.35. The van der Waals surface area contributed by atoms with Crippen molar-refractivity contribution in [3.8, 4) is 11.5 Å². The van der Waals surface area contributed by atoms with E-state index in [0.29, 0.717) is 17.1 Å². The van der Waals surface area contributed by atoms with Gasteiger partial charge in [-0.05, 0) is 23.6 Å². The number of thiophene rings is 1. The van der Waals surface area contributed by atoms with Crippen LogP contribution >= 0.6 is 11.3 Å². The van der Waals surface area contributed by atoms with Crippen LogP contribution in [0.5, 0.6) is 11.5 Å². The summed E-state index contributed by atoms with van der Waals surface area (Å²) < 4.78 is 10.5. The predicted molar refractivity (Wildman–Crippen MR) is 79.3 cm³/mol. The molecule has 3 rings (SSSR count). The maximum Gasteiger partial charge on any atom is 0.305 e. The van der Waals surface area contributed by atoms with Crippen LogP contribution in [-0.2, 0) is 4.79 Å². The van der Waals surface area contributed by atoms with Gasteiger partial charge >= 0.3 is 5.97 Å². The van der Waals surface area contributed by atoms with Gasteiger partial charge in [0.05, 0.1) is 18.0 Å². The molecule has 1 amide bonds. The summed E-state index contributed by atoms with van der Waals surface area (Å²) >= 11 is 1.40. The highest BCUT2D eigenvalue weighted by atomic mass is 32.1. The van der Waals surface area contributed by atoms with Gasteiger partial charge in [-0.1, -0.05) is 12.1 Å². The van der Waals surface area contributed by atoms with Crippen molar-refractivity contribution in [1.29, 1.82) is 0 Å². The van der Waals surface area contributed by atoms with Crippen LogP contribution in [0.4, 0.5) is 0 Å². The molecular weight excluding hydrogens is 306 g/mol. The summed E-state index contributed by atoms with van der Waals surface area (Å²) in [5.41, 5.74) is 0.335. The molecule has 0 radical (unpaired) electrons. The number of carbonyl (C=O) groups excluding carboxylic acids is 1. The third-order valence-corrected chi connectivity index (χ3v) is 4.20. The predicted octanol–water partition coefficient (Wildman–Crippen LogP) is 2.42. The molecule has 1 aromatic heterocycles. The van der Waals surface area contributed by atoms with E-state index in [1.54, 1.807) is 24.3 Å². The third-order valence-electron chi connectivity index (χ3n) is 3.21. The fourth-order valence-electron chi connectivity index (χ4n) is 2.23. The number of ether oxygens (including phenoxy) is 2. The summed E-state index contributed by atoms with van der Waals surface area (Å²) in [5, 5.41) is 13.6. The first-order valence-corrected chi connectivity index (χ1v) is 7.48. The van der Waals surface area contributed by atoms with Crippen molar-refractivity contribution < 1.29 is 24.2 Å². The highest BCUT2D eigenvalue weighted by Gasteiger charge is 2.25. The van der Waals surface area contributed by atoms with Crippen LogP contribution in [-0.4, -0.2) is 23.8 Å². The van der Waals surface area contributed by atoms with Crippen LogP contribution in [0.1, 0.15) is 27.7 Å². The minimum Gasteiger partial charge on any atom is -0.481 e. The Hall–Kier alpha value is -2.54. The number of carboxylic acid groups (broad SMARTS) is 1. The van der Waals surface area contributed by atoms with Crippen LogP contribution in [0.15, 0.2) is 35.7 Å². The van der Waals surface area contributed by atoms with E-state index in [0.717, 1.165) is 4.88 Å². The second-order valence-electron chi connectivity index (χ2n) is 4.68. The van der Waals surface area contributed by atoms with E-state index in [2.05, 4.69) is 5.32 Å². The minimum absolute atomic E-state index is 0.0725. The molecule has 1 aliphatic heterocycles. The van der Waals surface area contributed by atoms with Crippen molar-refractivity contribution in [3.05, 3.63) is 46.2 Å². The second-order valence-corrected chi connectivity index (χ2v) is 5.66. The summed E-state index contributed by atoms with van der Waals surface area (Å²) in [6.45, 7) is 0.0725. The largest absolute Gasteiger partial charge is 0.481 e. The van der Waals surface area contributed by atoms with Crippen molar-refractivity contribution in [2.24, 2.45) is 0 Å². The van der Waals surface area contributed by atoms with Crippen LogP contribution in [0.3, 0.4) is 0 Å². The fraction of sp³-hybridized carbons (Fsp3) is 0.200. The molecule has 0 fully saturated rings. The number of nitrogens with one attached hydrogen (secondary N) is 1. The van der Waals surface area contributed by atoms with Gasteiger partial charge in [-0.25, -0.2) is 0 Å². The number of hydrogen-bond donors (Lipinski definition) is 2. The van der Waals surface area contributed by atoms with Gasteiger partial charge in [-0.15, -0.1) is 11.3 Å². The van der Waals surface area contributed by atoms with Gasteiger partial charge in [0.25, 0.3) is 5.91 Å². The average molecular weight is 319 g/mol. The number of hydrogen-bond acceptors (Lipinski definition) is 5. The van der Waals surface area contributed by atoms with Gasteiger partial charge in [0.1, 0.15) is 0 Å². The smallest absolute Gasteiger partial charge is 0.305 e. The summed E-state index contributed by atoms with van der Waals surface area (Å²) in [5.74, 6) is -0.461. The number of para-hydroxylation sites is 1. The van der Waals surface area contributed by atoms with Gasteiger partial charge in [-0.3, -0.25) is 9.59 Å². The van der Waals surface area contributed by atoms with Crippen molar-refractivity contribution in [2.75, 3.05) is 6.79 Å². The Morgan fingerprint density at radius 2 is 2.14 bits per heavy atom. The lowest BCUT2D eigenvalue weighted by molar-refractivity contribution is -0.137. The molecule has 0 bridgehead atoms. The zero-order chi connectivity index (χ0) is 15.5. The third kappa shape index (κ3) is 2.89. The van der Waals surface area contributed by atoms with Crippen molar-refractivity contribution in [2.45, 2.75) is 12.5 Å². The number of amides is 1. The van der Waals surface area contributed by atoms with E-state index in [1.165, 1.54) is 11.3 Å². The number of fused-ring (bicyclic) bond motifs is 1. The number of aliphatic carboxylic acids is 1. The minimum atomic E-state index is -0.975. The molecule has 1 aliphatic rings. The van der Waals surface area contributed by atoms with Gasteiger partial charge in [0.15, 0.2) is 11.5 Å². The molecule has 0 saturated carbocycles. The highest BCUT2D eigenvalue weighted by molar-refractivity contribution is 7.10. The standard InChI is InChI=1S/C15H13NO5S/c17-13(18)7-10(12-5-2-6-22-12)16-15(19)9-3-1-4-11-14(9)21-8-20-11/h1-6,10H,7-8H2,(H,16,19)(H,17,18). The van der Waals surface area contributed by atoms with Crippen LogP contribution in [0.25, 0.3) is 0 Å². The van der Waals surface area contributed by atoms with Crippen LogP contribution < -0.4 is 14.8 Å². The van der Waals surface area contributed by atoms with Gasteiger partial charge < -0.3 is 19.9 Å². The van der Waals surface area contributed by atoms with E-state index in [1.807, 2.05) is 11.4 Å². The van der Waals surface area contributed by atoms with E-state index in [-0.39, 0.29) is 19.1 Å². The molecular formula is C15H13NO5S. The van der Waals surface area contributed by atoms with E-state index in [9.17, 15) is 9.59 Å². The van der Waals surface area contributed by atoms with Gasteiger partial charge in [0, 0.05) is 4.88 Å². The molecule has 114 valence electrons. The van der Waals surface area contributed by atoms with E-state index in [4.69, 9.17) is 14.6 Å². The topological polar surface area (TPSA) is 84.9 Å². The molecule has 7 heteroatoms. The first kappa shape index (κ1) is 14.4. The SMILES string of the molecule is O=C(O)CC(NC(=O)c1cccc2c1OCO2)c1cccs1.